The Hall–Kier alpha value is -6.07. The van der Waals surface area contributed by atoms with Crippen molar-refractivity contribution in [3.63, 3.8) is 0 Å². The number of hydrogen-bond acceptors (Lipinski definition) is 5. The summed E-state index contributed by atoms with van der Waals surface area (Å²) in [6.45, 7) is 9.75. The molecule has 0 unspecified atom stereocenters. The molecule has 61 heavy (non-hydrogen) atoms. The quantitative estimate of drug-likeness (QED) is 0.142. The molecule has 0 N–H and O–H groups in total. The molecule has 0 aliphatic carbocycles. The van der Waals surface area contributed by atoms with Gasteiger partial charge in [0.1, 0.15) is 5.82 Å². The summed E-state index contributed by atoms with van der Waals surface area (Å²) in [6.07, 6.45) is 2.77. The maximum atomic E-state index is 6.65. The van der Waals surface area contributed by atoms with Crippen molar-refractivity contribution in [3.8, 4) is 39.6 Å². The number of pyridine rings is 1. The van der Waals surface area contributed by atoms with E-state index >= 15 is 0 Å². The number of para-hydroxylation sites is 2. The Morgan fingerprint density at radius 2 is 1.36 bits per heavy atom. The van der Waals surface area contributed by atoms with Crippen LogP contribution in [-0.4, -0.2) is 16.1 Å². The van der Waals surface area contributed by atoms with E-state index in [0.29, 0.717) is 11.5 Å². The molecule has 2 aliphatic rings. The molecule has 7 aromatic carbocycles. The molecule has 0 saturated carbocycles. The molecule has 302 valence electrons. The second-order valence-electron chi connectivity index (χ2n) is 16.4. The molecule has 2 aromatic heterocycles. The third-order valence-corrected chi connectivity index (χ3v) is 12.8. The summed E-state index contributed by atoms with van der Waals surface area (Å²) in [7, 11) is 0. The van der Waals surface area contributed by atoms with Crippen LogP contribution in [0.2, 0.25) is 0 Å². The molecular formula is C54H41N4OPtS-3. The van der Waals surface area contributed by atoms with Gasteiger partial charge >= 0.3 is 0 Å². The number of rotatable bonds is 8. The van der Waals surface area contributed by atoms with Crippen LogP contribution < -0.4 is 14.5 Å². The zero-order valence-electron chi connectivity index (χ0n) is 34.0. The van der Waals surface area contributed by atoms with Crippen molar-refractivity contribution >= 4 is 50.6 Å². The topological polar surface area (TPSA) is 33.5 Å². The van der Waals surface area contributed by atoms with Crippen molar-refractivity contribution in [2.24, 2.45) is 0 Å². The van der Waals surface area contributed by atoms with Crippen molar-refractivity contribution < 1.29 is 25.8 Å². The van der Waals surface area contributed by atoms with E-state index in [-0.39, 0.29) is 26.5 Å². The average Bonchev–Trinajstić information content (AvgIpc) is 3.82. The normalized spacial score (nSPS) is 13.0. The minimum absolute atomic E-state index is 0. The van der Waals surface area contributed by atoms with E-state index < -0.39 is 0 Å². The van der Waals surface area contributed by atoms with Gasteiger partial charge in [-0.2, -0.15) is 30.6 Å². The van der Waals surface area contributed by atoms with E-state index in [4.69, 9.17) is 9.72 Å². The Labute approximate surface area is 375 Å². The molecule has 0 spiro atoms. The smallest absolute Gasteiger partial charge is 0.135 e. The Bertz CT molecular complexity index is 3030. The fraction of sp³-hybridized carbons (Fsp3) is 0.111. The molecule has 4 heterocycles. The molecule has 0 fully saturated rings. The van der Waals surface area contributed by atoms with Gasteiger partial charge in [0.25, 0.3) is 0 Å². The summed E-state index contributed by atoms with van der Waals surface area (Å²) in [5.74, 6) is 2.12. The monoisotopic (exact) mass is 988 g/mol. The van der Waals surface area contributed by atoms with Gasteiger partial charge in [0.2, 0.25) is 0 Å². The molecular weight excluding hydrogens is 948 g/mol. The Kier molecular flexibility index (Phi) is 10.1. The number of hydrogen-bond donors (Lipinski definition) is 0. The molecule has 0 saturated heterocycles. The minimum Gasteiger partial charge on any atom is -0.509 e. The molecule has 0 atom stereocenters. The predicted octanol–water partition coefficient (Wildman–Crippen LogP) is 14.0. The Morgan fingerprint density at radius 3 is 2.11 bits per heavy atom. The van der Waals surface area contributed by atoms with Gasteiger partial charge in [-0.05, 0) is 87.5 Å². The largest absolute Gasteiger partial charge is 0.509 e. The first-order valence-electron chi connectivity index (χ1n) is 20.5. The Balaban J connectivity index is 0.00000445. The average molecular weight is 989 g/mol. The van der Waals surface area contributed by atoms with Crippen molar-refractivity contribution in [2.75, 3.05) is 16.3 Å². The molecule has 11 rings (SSSR count). The predicted molar refractivity (Wildman–Crippen MR) is 247 cm³/mol. The maximum Gasteiger partial charge on any atom is 0.135 e. The molecule has 0 bridgehead atoms. The van der Waals surface area contributed by atoms with Gasteiger partial charge in [-0.15, -0.1) is 29.7 Å². The molecule has 0 radical (unpaired) electrons. The van der Waals surface area contributed by atoms with Gasteiger partial charge in [0, 0.05) is 60.5 Å². The summed E-state index contributed by atoms with van der Waals surface area (Å²) >= 11 is 1.78. The molecule has 9 aromatic rings. The van der Waals surface area contributed by atoms with Gasteiger partial charge in [0.05, 0.1) is 0 Å². The zero-order chi connectivity index (χ0) is 40.4. The van der Waals surface area contributed by atoms with Gasteiger partial charge in [-0.3, -0.25) is 0 Å². The van der Waals surface area contributed by atoms with E-state index in [2.05, 4.69) is 200 Å². The first-order valence-corrected chi connectivity index (χ1v) is 21.3. The third-order valence-electron chi connectivity index (χ3n) is 11.7. The van der Waals surface area contributed by atoms with Crippen molar-refractivity contribution in [1.82, 2.24) is 9.55 Å². The van der Waals surface area contributed by atoms with Gasteiger partial charge in [0.15, 0.2) is 0 Å². The SMILES string of the molecule is CC(C)(C)c1ccnc(-n2c3[c-]c(Oc4[c-]c5c(cc4)Sc4cccc6c4N5[CH-]N6CCc4c(-c5ccccc5)cccc4-c4ccccc4)ccc3c3ccccc32)c1.[Pt]. The number of nitrogens with zero attached hydrogens (tertiary/aromatic N) is 4. The van der Waals surface area contributed by atoms with E-state index in [1.54, 1.807) is 11.8 Å². The van der Waals surface area contributed by atoms with Crippen LogP contribution in [0.5, 0.6) is 11.5 Å². The van der Waals surface area contributed by atoms with Crippen molar-refractivity contribution in [3.05, 3.63) is 194 Å². The summed E-state index contributed by atoms with van der Waals surface area (Å²) < 4.78 is 8.85. The summed E-state index contributed by atoms with van der Waals surface area (Å²) in [4.78, 5) is 11.9. The maximum absolute atomic E-state index is 6.65. The second-order valence-corrected chi connectivity index (χ2v) is 17.5. The van der Waals surface area contributed by atoms with Gasteiger partial charge < -0.3 is 19.1 Å². The van der Waals surface area contributed by atoms with Gasteiger partial charge in [-0.25, -0.2) is 4.98 Å². The Morgan fingerprint density at radius 1 is 0.672 bits per heavy atom. The molecule has 5 nitrogen and oxygen atoms in total. The first kappa shape index (κ1) is 39.1. The second kappa shape index (κ2) is 15.8. The number of anilines is 3. The number of aromatic nitrogens is 2. The van der Waals surface area contributed by atoms with Crippen LogP contribution in [0.15, 0.2) is 174 Å². The minimum atomic E-state index is -0.0141. The fourth-order valence-corrected chi connectivity index (χ4v) is 9.79. The summed E-state index contributed by atoms with van der Waals surface area (Å²) in [5, 5.41) is 2.25. The summed E-state index contributed by atoms with van der Waals surface area (Å²) in [6, 6.07) is 63.2. The molecule has 0 amide bonds. The third kappa shape index (κ3) is 7.02. The van der Waals surface area contributed by atoms with Crippen molar-refractivity contribution in [2.45, 2.75) is 42.4 Å². The van der Waals surface area contributed by atoms with E-state index in [0.717, 1.165) is 51.2 Å². The standard InChI is InChI=1S/C54H41N4OS.Pt/c1-54(2,3)38-28-30-55-52(32-38)58-46-21-11-10-18-44(46)45-26-24-39(33-48(45)58)59-40-25-27-50-49(34-40)57-35-56(47-22-13-23-51(60-50)53(47)57)31-29-43-41(36-14-6-4-7-15-36)19-12-20-42(43)37-16-8-5-9-17-37;/h4-28,30,32,35H,29,31H2,1-3H3;/q-3;. The van der Waals surface area contributed by atoms with E-state index in [1.165, 1.54) is 49.7 Å². The van der Waals surface area contributed by atoms with Crippen LogP contribution in [0.1, 0.15) is 31.9 Å². The van der Waals surface area contributed by atoms with Crippen LogP contribution in [0.25, 0.3) is 49.9 Å². The van der Waals surface area contributed by atoms with Crippen LogP contribution in [0.4, 0.5) is 17.1 Å². The van der Waals surface area contributed by atoms with Crippen LogP contribution in [0.3, 0.4) is 0 Å². The van der Waals surface area contributed by atoms with Crippen LogP contribution >= 0.6 is 11.8 Å². The molecule has 7 heteroatoms. The zero-order valence-corrected chi connectivity index (χ0v) is 37.1. The number of benzene rings is 7. The summed E-state index contributed by atoms with van der Waals surface area (Å²) in [5.41, 5.74) is 12.9. The molecule has 2 aliphatic heterocycles. The van der Waals surface area contributed by atoms with Crippen molar-refractivity contribution in [1.29, 1.82) is 0 Å². The van der Waals surface area contributed by atoms with E-state index in [9.17, 15) is 0 Å². The fourth-order valence-electron chi connectivity index (χ4n) is 8.73. The van der Waals surface area contributed by atoms with Gasteiger partial charge in [-0.1, -0.05) is 140 Å². The van der Waals surface area contributed by atoms with E-state index in [1.807, 2.05) is 18.3 Å². The van der Waals surface area contributed by atoms with Crippen LogP contribution in [0, 0.1) is 18.8 Å². The number of ether oxygens (including phenoxy) is 1. The first-order chi connectivity index (χ1) is 29.4. The number of fused-ring (bicyclic) bond motifs is 5. The van der Waals surface area contributed by atoms with Crippen LogP contribution in [-0.2, 0) is 32.9 Å².